The van der Waals surface area contributed by atoms with Crippen molar-refractivity contribution < 1.29 is 4.79 Å². The number of rotatable bonds is 1. The Bertz CT molecular complexity index is 804. The number of nitrogens with zero attached hydrogens (tertiary/aromatic N) is 4. The highest BCUT2D eigenvalue weighted by Crippen LogP contribution is 2.37. The number of hydrogen-bond acceptors (Lipinski definition) is 4. The van der Waals surface area contributed by atoms with Gasteiger partial charge in [0.15, 0.2) is 5.65 Å². The summed E-state index contributed by atoms with van der Waals surface area (Å²) in [4.78, 5) is 19.8. The molecule has 0 radical (unpaired) electrons. The Morgan fingerprint density at radius 1 is 1.19 bits per heavy atom. The summed E-state index contributed by atoms with van der Waals surface area (Å²) < 4.78 is 1.77. The lowest BCUT2D eigenvalue weighted by Gasteiger charge is -2.39. The van der Waals surface area contributed by atoms with Crippen LogP contribution >= 0.6 is 24.8 Å². The Hall–Kier alpha value is -1.37. The van der Waals surface area contributed by atoms with Gasteiger partial charge in [-0.2, -0.15) is 5.10 Å². The molecule has 0 atom stereocenters. The third kappa shape index (κ3) is 3.42. The zero-order valence-electron chi connectivity index (χ0n) is 15.5. The topological polar surface area (TPSA) is 63.1 Å². The van der Waals surface area contributed by atoms with Crippen LogP contribution in [-0.2, 0) is 7.05 Å². The first-order valence-electron chi connectivity index (χ1n) is 8.80. The van der Waals surface area contributed by atoms with Gasteiger partial charge in [-0.05, 0) is 51.1 Å². The van der Waals surface area contributed by atoms with Crippen molar-refractivity contribution in [1.82, 2.24) is 25.0 Å². The van der Waals surface area contributed by atoms with E-state index in [0.29, 0.717) is 5.41 Å². The highest BCUT2D eigenvalue weighted by atomic mass is 35.5. The summed E-state index contributed by atoms with van der Waals surface area (Å²) in [5.74, 6) is 0.127. The van der Waals surface area contributed by atoms with Crippen molar-refractivity contribution >= 4 is 41.8 Å². The molecule has 0 unspecified atom stereocenters. The molecule has 0 bridgehead atoms. The Balaban J connectivity index is 0.00000121. The largest absolute Gasteiger partial charge is 0.339 e. The van der Waals surface area contributed by atoms with E-state index < -0.39 is 0 Å². The van der Waals surface area contributed by atoms with Crippen molar-refractivity contribution in [3.63, 3.8) is 0 Å². The number of hydrogen-bond donors (Lipinski definition) is 1. The summed E-state index contributed by atoms with van der Waals surface area (Å²) >= 11 is 0. The van der Waals surface area contributed by atoms with Crippen LogP contribution in [0.15, 0.2) is 6.07 Å². The lowest BCUT2D eigenvalue weighted by molar-refractivity contribution is 0.0609. The minimum absolute atomic E-state index is 0. The van der Waals surface area contributed by atoms with Gasteiger partial charge < -0.3 is 10.2 Å². The molecule has 2 fully saturated rings. The molecule has 0 saturated carbocycles. The third-order valence-electron chi connectivity index (χ3n) is 5.77. The summed E-state index contributed by atoms with van der Waals surface area (Å²) in [5, 5.41) is 8.83. The predicted octanol–water partition coefficient (Wildman–Crippen LogP) is 2.64. The van der Waals surface area contributed by atoms with E-state index in [-0.39, 0.29) is 30.7 Å². The van der Waals surface area contributed by atoms with Crippen molar-refractivity contribution in [1.29, 1.82) is 0 Å². The average molecular weight is 400 g/mol. The third-order valence-corrected chi connectivity index (χ3v) is 5.77. The standard InChI is InChI=1S/C18H25N5O.2ClH/c1-12-10-14(15-13(2)21-22(3)16(15)20-12)17(24)23-8-5-18(6-9-23)4-7-19-11-18;;/h10,19H,4-9,11H2,1-3H3;2*1H. The van der Waals surface area contributed by atoms with Crippen molar-refractivity contribution in [2.24, 2.45) is 12.5 Å². The maximum absolute atomic E-state index is 13.2. The normalized spacial score (nSPS) is 18.7. The number of fused-ring (bicyclic) bond motifs is 1. The number of pyridine rings is 1. The Kier molecular flexibility index (Phi) is 6.20. The second kappa shape index (κ2) is 7.71. The van der Waals surface area contributed by atoms with Gasteiger partial charge in [0.2, 0.25) is 0 Å². The molecule has 2 aliphatic rings. The molecule has 1 N–H and O–H groups in total. The van der Waals surface area contributed by atoms with Crippen LogP contribution in [0, 0.1) is 19.3 Å². The smallest absolute Gasteiger partial charge is 0.254 e. The number of carbonyl (C=O) groups is 1. The predicted molar refractivity (Wildman–Crippen MR) is 108 cm³/mol. The molecule has 8 heteroatoms. The SMILES string of the molecule is Cc1cc(C(=O)N2CCC3(CCNC3)CC2)c2c(C)nn(C)c2n1.Cl.Cl. The number of aromatic nitrogens is 3. The van der Waals surface area contributed by atoms with Gasteiger partial charge in [-0.3, -0.25) is 9.48 Å². The minimum Gasteiger partial charge on any atom is -0.339 e. The number of likely N-dealkylation sites (tertiary alicyclic amines) is 1. The molecule has 0 aromatic carbocycles. The molecule has 2 saturated heterocycles. The highest BCUT2D eigenvalue weighted by Gasteiger charge is 2.38. The Morgan fingerprint density at radius 2 is 1.88 bits per heavy atom. The quantitative estimate of drug-likeness (QED) is 0.800. The molecule has 2 aromatic rings. The van der Waals surface area contributed by atoms with E-state index in [1.807, 2.05) is 31.9 Å². The van der Waals surface area contributed by atoms with Crippen molar-refractivity contribution in [3.05, 3.63) is 23.0 Å². The summed E-state index contributed by atoms with van der Waals surface area (Å²) in [7, 11) is 1.88. The first-order chi connectivity index (χ1) is 11.5. The van der Waals surface area contributed by atoms with E-state index >= 15 is 0 Å². The molecule has 4 heterocycles. The average Bonchev–Trinajstić information content (AvgIpc) is 3.12. The van der Waals surface area contributed by atoms with Crippen LogP contribution < -0.4 is 5.32 Å². The molecule has 26 heavy (non-hydrogen) atoms. The zero-order chi connectivity index (χ0) is 16.9. The fourth-order valence-electron chi connectivity index (χ4n) is 4.32. The number of halogens is 2. The van der Waals surface area contributed by atoms with E-state index in [1.54, 1.807) is 4.68 Å². The minimum atomic E-state index is 0. The van der Waals surface area contributed by atoms with Crippen LogP contribution in [0.5, 0.6) is 0 Å². The van der Waals surface area contributed by atoms with Gasteiger partial charge in [-0.15, -0.1) is 24.8 Å². The number of nitrogens with one attached hydrogen (secondary N) is 1. The van der Waals surface area contributed by atoms with Crippen LogP contribution in [0.1, 0.15) is 41.0 Å². The number of carbonyl (C=O) groups excluding carboxylic acids is 1. The molecule has 2 aromatic heterocycles. The lowest BCUT2D eigenvalue weighted by Crippen LogP contribution is -2.44. The molecular formula is C18H27Cl2N5O. The van der Waals surface area contributed by atoms with Crippen molar-refractivity contribution in [2.45, 2.75) is 33.1 Å². The maximum atomic E-state index is 13.2. The fourth-order valence-corrected chi connectivity index (χ4v) is 4.32. The molecule has 1 amide bonds. The summed E-state index contributed by atoms with van der Waals surface area (Å²) in [6, 6.07) is 1.92. The highest BCUT2D eigenvalue weighted by molar-refractivity contribution is 6.06. The monoisotopic (exact) mass is 399 g/mol. The second-order valence-electron chi connectivity index (χ2n) is 7.44. The fraction of sp³-hybridized carbons (Fsp3) is 0.611. The molecular weight excluding hydrogens is 373 g/mol. The van der Waals surface area contributed by atoms with E-state index in [0.717, 1.165) is 67.0 Å². The molecule has 6 nitrogen and oxygen atoms in total. The van der Waals surface area contributed by atoms with Crippen LogP contribution in [-0.4, -0.2) is 51.8 Å². The van der Waals surface area contributed by atoms with Crippen molar-refractivity contribution in [2.75, 3.05) is 26.2 Å². The van der Waals surface area contributed by atoms with E-state index in [1.165, 1.54) is 6.42 Å². The van der Waals surface area contributed by atoms with Crippen LogP contribution in [0.25, 0.3) is 11.0 Å². The first kappa shape index (κ1) is 20.9. The van der Waals surface area contributed by atoms with Crippen LogP contribution in [0.4, 0.5) is 0 Å². The number of aryl methyl sites for hydroxylation is 3. The Labute approximate surface area is 166 Å². The zero-order valence-corrected chi connectivity index (χ0v) is 17.2. The van der Waals surface area contributed by atoms with Gasteiger partial charge in [0.1, 0.15) is 0 Å². The van der Waals surface area contributed by atoms with Crippen LogP contribution in [0.3, 0.4) is 0 Å². The molecule has 0 aliphatic carbocycles. The van der Waals surface area contributed by atoms with Gasteiger partial charge in [-0.25, -0.2) is 4.98 Å². The van der Waals surface area contributed by atoms with Gasteiger partial charge >= 0.3 is 0 Å². The van der Waals surface area contributed by atoms with Gasteiger partial charge in [-0.1, -0.05) is 0 Å². The molecule has 4 rings (SSSR count). The van der Waals surface area contributed by atoms with Gasteiger partial charge in [0.05, 0.1) is 16.6 Å². The Morgan fingerprint density at radius 3 is 2.50 bits per heavy atom. The molecule has 1 spiro atoms. The van der Waals surface area contributed by atoms with Gasteiger partial charge in [0, 0.05) is 32.4 Å². The molecule has 144 valence electrons. The first-order valence-corrected chi connectivity index (χ1v) is 8.80. The number of piperidine rings is 1. The maximum Gasteiger partial charge on any atom is 0.254 e. The van der Waals surface area contributed by atoms with Gasteiger partial charge in [0.25, 0.3) is 5.91 Å². The van der Waals surface area contributed by atoms with E-state index in [4.69, 9.17) is 0 Å². The van der Waals surface area contributed by atoms with E-state index in [9.17, 15) is 4.79 Å². The number of amides is 1. The summed E-state index contributed by atoms with van der Waals surface area (Å²) in [6.45, 7) is 7.81. The van der Waals surface area contributed by atoms with Crippen LogP contribution in [0.2, 0.25) is 0 Å². The summed E-state index contributed by atoms with van der Waals surface area (Å²) in [6.07, 6.45) is 3.45. The summed E-state index contributed by atoms with van der Waals surface area (Å²) in [5.41, 5.74) is 3.71. The lowest BCUT2D eigenvalue weighted by atomic mass is 9.77. The van der Waals surface area contributed by atoms with Crippen molar-refractivity contribution in [3.8, 4) is 0 Å². The molecule has 2 aliphatic heterocycles. The second-order valence-corrected chi connectivity index (χ2v) is 7.44. The van der Waals surface area contributed by atoms with E-state index in [2.05, 4.69) is 15.4 Å².